The summed E-state index contributed by atoms with van der Waals surface area (Å²) < 4.78 is 30.0. The fourth-order valence-corrected chi connectivity index (χ4v) is 11.5. The Kier molecular flexibility index (Phi) is 14.4. The zero-order valence-corrected chi connectivity index (χ0v) is 42.7. The Morgan fingerprint density at radius 1 is 0.821 bits per heavy atom. The molecule has 5 heterocycles. The normalized spacial score (nSPS) is 17.4. The monoisotopic (exact) mass is 1060 g/mol. The average molecular weight is 1060 g/mol. The Hall–Kier alpha value is -8.62. The van der Waals surface area contributed by atoms with Gasteiger partial charge in [0.05, 0.1) is 42.1 Å². The van der Waals surface area contributed by atoms with Gasteiger partial charge < -0.3 is 59.9 Å². The second kappa shape index (κ2) is 21.8. The first-order chi connectivity index (χ1) is 37.9. The van der Waals surface area contributed by atoms with E-state index in [1.807, 2.05) is 60.7 Å². The van der Waals surface area contributed by atoms with Crippen LogP contribution in [0.3, 0.4) is 0 Å². The lowest BCUT2D eigenvalue weighted by molar-refractivity contribution is -0.172. The van der Waals surface area contributed by atoms with Crippen LogP contribution in [0.1, 0.15) is 89.0 Å². The molecule has 0 unspecified atom stereocenters. The number of benzene rings is 4. The van der Waals surface area contributed by atoms with E-state index in [2.05, 4.69) is 26.6 Å². The summed E-state index contributed by atoms with van der Waals surface area (Å²) in [5, 5.41) is 25.2. The maximum Gasteiger partial charge on any atom is 0.407 e. The van der Waals surface area contributed by atoms with Crippen molar-refractivity contribution in [2.45, 2.75) is 82.1 Å². The zero-order valence-electron chi connectivity index (χ0n) is 42.7. The van der Waals surface area contributed by atoms with E-state index in [1.54, 1.807) is 41.8 Å². The molecule has 0 bridgehead atoms. The lowest BCUT2D eigenvalue weighted by Gasteiger charge is -2.31. The van der Waals surface area contributed by atoms with Crippen LogP contribution >= 0.6 is 0 Å². The van der Waals surface area contributed by atoms with E-state index in [0.29, 0.717) is 54.3 Å². The number of esters is 1. The quantitative estimate of drug-likeness (QED) is 0.0377. The Morgan fingerprint density at radius 2 is 1.54 bits per heavy atom. The summed E-state index contributed by atoms with van der Waals surface area (Å²) >= 11 is 0. The van der Waals surface area contributed by atoms with Crippen LogP contribution in [-0.2, 0) is 69.8 Å². The predicted octanol–water partition coefficient (Wildman–Crippen LogP) is 4.21. The highest BCUT2D eigenvalue weighted by Gasteiger charge is 2.46. The van der Waals surface area contributed by atoms with E-state index in [9.17, 15) is 38.7 Å². The minimum atomic E-state index is -1.96. The summed E-state index contributed by atoms with van der Waals surface area (Å²) in [5.74, 6) is -2.06. The number of aliphatic hydroxyl groups is 1. The molecule has 20 heteroatoms. The van der Waals surface area contributed by atoms with Crippen LogP contribution in [0.5, 0.6) is 11.5 Å². The first-order valence-electron chi connectivity index (χ1n) is 26.2. The lowest BCUT2D eigenvalue weighted by Crippen LogP contribution is -2.52. The molecule has 78 heavy (non-hydrogen) atoms. The first-order valence-corrected chi connectivity index (χ1v) is 26.2. The van der Waals surface area contributed by atoms with Crippen LogP contribution in [0.4, 0.5) is 4.79 Å². The minimum Gasteiger partial charge on any atom is -0.458 e. The molecule has 402 valence electrons. The van der Waals surface area contributed by atoms with Gasteiger partial charge in [0.2, 0.25) is 30.4 Å². The van der Waals surface area contributed by atoms with Crippen molar-refractivity contribution in [3.63, 3.8) is 0 Å². The van der Waals surface area contributed by atoms with E-state index in [-0.39, 0.29) is 74.6 Å². The molecular weight excluding hydrogens is 1000 g/mol. The molecule has 6 aromatic rings. The fourth-order valence-electron chi connectivity index (χ4n) is 11.5. The molecule has 0 saturated carbocycles. The van der Waals surface area contributed by atoms with Crippen molar-refractivity contribution >= 4 is 46.6 Å². The molecular formula is C58H57N7O13. The van der Waals surface area contributed by atoms with Crippen LogP contribution < -0.4 is 41.6 Å². The van der Waals surface area contributed by atoms with Gasteiger partial charge in [-0.25, -0.2) is 14.6 Å². The summed E-state index contributed by atoms with van der Waals surface area (Å²) in [6.07, 6.45) is 2.16. The molecule has 3 atom stereocenters. The summed E-state index contributed by atoms with van der Waals surface area (Å²) in [6.45, 7) is 0.693. The van der Waals surface area contributed by atoms with Crippen molar-refractivity contribution in [1.29, 1.82) is 0 Å². The number of nitrogens with one attached hydrogen (secondary N) is 5. The minimum absolute atomic E-state index is 0.0297. The number of nitrogens with zero attached hydrogens (tertiary/aromatic N) is 2. The Morgan fingerprint density at radius 3 is 2.31 bits per heavy atom. The van der Waals surface area contributed by atoms with Gasteiger partial charge in [-0.2, -0.15) is 0 Å². The number of ether oxygens (including phenoxy) is 5. The van der Waals surface area contributed by atoms with Crippen molar-refractivity contribution in [3.05, 3.63) is 146 Å². The molecule has 11 rings (SSSR count). The lowest BCUT2D eigenvalue weighted by atomic mass is 9.77. The highest BCUT2D eigenvalue weighted by molar-refractivity contribution is 5.96. The molecule has 20 nitrogen and oxygen atoms in total. The number of carbonyl (C=O) groups excluding carboxylic acids is 6. The number of cyclic esters (lactones) is 1. The molecule has 4 aromatic carbocycles. The second-order valence-electron chi connectivity index (χ2n) is 20.0. The van der Waals surface area contributed by atoms with Crippen LogP contribution in [0.2, 0.25) is 0 Å². The second-order valence-corrected chi connectivity index (χ2v) is 20.0. The van der Waals surface area contributed by atoms with Crippen molar-refractivity contribution in [2.75, 3.05) is 46.4 Å². The van der Waals surface area contributed by atoms with Crippen molar-refractivity contribution in [1.82, 2.24) is 36.1 Å². The van der Waals surface area contributed by atoms with Crippen LogP contribution in [0.25, 0.3) is 33.4 Å². The number of aromatic nitrogens is 2. The molecule has 0 saturated heterocycles. The molecule has 6 N–H and O–H groups in total. The van der Waals surface area contributed by atoms with E-state index in [4.69, 9.17) is 28.7 Å². The van der Waals surface area contributed by atoms with Gasteiger partial charge in [-0.1, -0.05) is 85.8 Å². The van der Waals surface area contributed by atoms with Crippen LogP contribution in [0.15, 0.2) is 95.8 Å². The third-order valence-corrected chi connectivity index (χ3v) is 15.4. The Bertz CT molecular complexity index is 3430. The van der Waals surface area contributed by atoms with Gasteiger partial charge in [-0.3, -0.25) is 24.0 Å². The SMILES string of the molecule is CC[C@@]1(O)C(=O)OCc2c1cc1n(c2=O)Cc2c-1nc1cc3c(c4c1c2[C@@H](CCCOCNC(=O)CNC(=O)[C@H](Cc1ccccc1)NC(=O)CNC(=O)CNC(=O)OCC1c2ccccc2-c2ccccc21)CC4)OCO3. The molecule has 2 aliphatic carbocycles. The molecule has 5 amide bonds. The molecule has 5 aliphatic rings. The van der Waals surface area contributed by atoms with Gasteiger partial charge in [0.15, 0.2) is 17.1 Å². The third kappa shape index (κ3) is 9.88. The maximum absolute atomic E-state index is 14.1. The standard InChI is InChI=1S/C58H57N7O13/c1-2-58(73)42-22-45-52-39(27-65(45)55(70)41(42)29-75-56(58)71)50-33(18-19-38-51(50)43(64-52)23-46-53(38)78-31-77-46)13-10-20-74-30-62-48(67)24-60-54(69)44(21-32-11-4-3-5-12-32)63-49(68)26-59-47(66)25-61-57(72)76-28-40-36-16-8-6-14-34(36)35-15-7-9-17-37(35)40/h3-9,11-12,14-17,22-23,33,40,44,73H,2,10,13,18-21,24-31H2,1H3,(H,59,66)(H,60,69)(H,61,72)(H,62,67)(H,63,68)/t33-,44-,58-/m0/s1. The maximum atomic E-state index is 14.1. The van der Waals surface area contributed by atoms with Crippen molar-refractivity contribution < 1.29 is 57.6 Å². The molecule has 3 aliphatic heterocycles. The molecule has 0 fully saturated rings. The number of amides is 5. The zero-order chi connectivity index (χ0) is 54.1. The van der Waals surface area contributed by atoms with Crippen molar-refractivity contribution in [2.24, 2.45) is 0 Å². The highest BCUT2D eigenvalue weighted by atomic mass is 16.7. The Balaban J connectivity index is 0.651. The van der Waals surface area contributed by atoms with E-state index in [1.165, 1.54) is 0 Å². The summed E-state index contributed by atoms with van der Waals surface area (Å²) in [7, 11) is 0. The van der Waals surface area contributed by atoms with E-state index < -0.39 is 67.0 Å². The summed E-state index contributed by atoms with van der Waals surface area (Å²) in [6, 6.07) is 27.3. The highest BCUT2D eigenvalue weighted by Crippen LogP contribution is 2.52. The van der Waals surface area contributed by atoms with E-state index in [0.717, 1.165) is 56.3 Å². The number of carbonyl (C=O) groups is 6. The topological polar surface area (TPSA) is 264 Å². The van der Waals surface area contributed by atoms with Crippen molar-refractivity contribution in [3.8, 4) is 34.0 Å². The number of alkyl carbamates (subject to hydrolysis) is 1. The van der Waals surface area contributed by atoms with Gasteiger partial charge in [0.25, 0.3) is 5.56 Å². The number of hydrogen-bond donors (Lipinski definition) is 6. The molecule has 0 radical (unpaired) electrons. The molecule has 0 spiro atoms. The number of pyridine rings is 2. The Labute approximate surface area is 447 Å². The van der Waals surface area contributed by atoms with Gasteiger partial charge in [0.1, 0.15) is 32.5 Å². The van der Waals surface area contributed by atoms with E-state index >= 15 is 0 Å². The van der Waals surface area contributed by atoms with Crippen LogP contribution in [-0.4, -0.2) is 103 Å². The van der Waals surface area contributed by atoms with Gasteiger partial charge in [-0.05, 0) is 77.5 Å². The summed E-state index contributed by atoms with van der Waals surface area (Å²) in [4.78, 5) is 96.8. The van der Waals surface area contributed by atoms with Gasteiger partial charge in [-0.15, -0.1) is 0 Å². The predicted molar refractivity (Wildman–Crippen MR) is 281 cm³/mol. The first kappa shape index (κ1) is 51.5. The average Bonchev–Trinajstić information content (AvgIpc) is 4.15. The number of rotatable bonds is 19. The smallest absolute Gasteiger partial charge is 0.407 e. The van der Waals surface area contributed by atoms with Gasteiger partial charge >= 0.3 is 12.1 Å². The van der Waals surface area contributed by atoms with Gasteiger partial charge in [0, 0.05) is 47.1 Å². The number of aryl methyl sites for hydroxylation is 1. The largest absolute Gasteiger partial charge is 0.458 e. The third-order valence-electron chi connectivity index (χ3n) is 15.4. The summed E-state index contributed by atoms with van der Waals surface area (Å²) in [5.41, 5.74) is 7.98. The molecule has 2 aromatic heterocycles. The number of hydrogen-bond acceptors (Lipinski definition) is 14. The number of fused-ring (bicyclic) bond motifs is 10. The van der Waals surface area contributed by atoms with Crippen LogP contribution in [0, 0.1) is 0 Å². The fraction of sp³-hybridized carbons (Fsp3) is 0.345.